The van der Waals surface area contributed by atoms with Crippen LogP contribution < -0.4 is 31.9 Å². The molecule has 2 unspecified atom stereocenters. The van der Waals surface area contributed by atoms with E-state index in [0.717, 1.165) is 0 Å². The fraction of sp³-hybridized carbons (Fsp3) is 0.379. The Bertz CT molecular complexity index is 1660. The number of carbonyl (C=O) groups excluding carboxylic acids is 6. The maximum atomic E-state index is 13.5. The average molecular weight is 1430 g/mol. The Balaban J connectivity index is 2.38. The molecule has 0 saturated heterocycles. The molecule has 6 amide bonds. The van der Waals surface area contributed by atoms with Crippen LogP contribution in [0.15, 0.2) is 0 Å². The first-order valence-electron chi connectivity index (χ1n) is 15.0. The summed E-state index contributed by atoms with van der Waals surface area (Å²) in [4.78, 5) is 77.6. The first kappa shape index (κ1) is 49.5. The summed E-state index contributed by atoms with van der Waals surface area (Å²) in [5, 5.41) is 81.8. The first-order valence-corrected chi connectivity index (χ1v) is 21.4. The van der Waals surface area contributed by atoms with Crippen LogP contribution in [0.1, 0.15) is 41.4 Å². The minimum atomic E-state index is -1.40. The van der Waals surface area contributed by atoms with E-state index in [1.807, 2.05) is 0 Å². The highest BCUT2D eigenvalue weighted by Gasteiger charge is 2.31. The second-order valence-corrected chi connectivity index (χ2v) is 17.2. The summed E-state index contributed by atoms with van der Waals surface area (Å²) in [5.41, 5.74) is -0.187. The number of carbonyl (C=O) groups is 6. The van der Waals surface area contributed by atoms with E-state index in [2.05, 4.69) is 31.9 Å². The summed E-state index contributed by atoms with van der Waals surface area (Å²) >= 11 is 10.6. The van der Waals surface area contributed by atoms with Crippen molar-refractivity contribution >= 4 is 182 Å². The molecule has 0 aliphatic rings. The van der Waals surface area contributed by atoms with Gasteiger partial charge in [-0.15, -0.1) is 0 Å². The van der Waals surface area contributed by atoms with Gasteiger partial charge in [-0.25, -0.2) is 0 Å². The summed E-state index contributed by atoms with van der Waals surface area (Å²) in [5.74, 6) is -4.73. The number of hydrogen-bond donors (Lipinski definition) is 13. The Hall–Kier alpha value is -0.640. The number of rotatable bonds is 18. The maximum absolute atomic E-state index is 13.5. The normalized spacial score (nSPS) is 12.6. The van der Waals surface area contributed by atoms with Crippen LogP contribution in [0.2, 0.25) is 0 Å². The second kappa shape index (κ2) is 23.7. The largest absolute Gasteiger partial charge is 0.394 e. The van der Waals surface area contributed by atoms with E-state index in [4.69, 9.17) is 10.2 Å². The Morgan fingerprint density at radius 1 is 0.426 bits per heavy atom. The molecule has 0 bridgehead atoms. The predicted molar refractivity (Wildman–Crippen MR) is 242 cm³/mol. The highest BCUT2D eigenvalue weighted by Crippen LogP contribution is 2.37. The molecule has 2 rings (SSSR count). The Morgan fingerprint density at radius 2 is 0.667 bits per heavy atom. The molecule has 0 aromatic heterocycles. The third-order valence-electron chi connectivity index (χ3n) is 6.77. The number of aliphatic hydroxyl groups is 7. The van der Waals surface area contributed by atoms with E-state index in [9.17, 15) is 54.3 Å². The van der Waals surface area contributed by atoms with E-state index in [0.29, 0.717) is 0 Å². The maximum Gasteiger partial charge on any atom is 0.253 e. The molecular formula is C29H32I6N6O13. The first-order chi connectivity index (χ1) is 25.4. The average Bonchev–Trinajstić information content (AvgIpc) is 3.13. The quantitative estimate of drug-likeness (QED) is 0.0787. The van der Waals surface area contributed by atoms with Gasteiger partial charge in [0, 0.05) is 33.3 Å². The molecule has 0 aliphatic heterocycles. The van der Waals surface area contributed by atoms with Crippen molar-refractivity contribution in [2.75, 3.05) is 63.2 Å². The van der Waals surface area contributed by atoms with Gasteiger partial charge in [-0.1, -0.05) is 0 Å². The van der Waals surface area contributed by atoms with Crippen molar-refractivity contribution < 1.29 is 64.5 Å². The minimum absolute atomic E-state index is 0.0374. The molecule has 0 saturated carbocycles. The van der Waals surface area contributed by atoms with Crippen LogP contribution in [0.3, 0.4) is 0 Å². The lowest BCUT2D eigenvalue weighted by Crippen LogP contribution is -2.41. The molecule has 2 aromatic rings. The molecule has 0 aliphatic carbocycles. The minimum Gasteiger partial charge on any atom is -0.394 e. The van der Waals surface area contributed by atoms with Crippen LogP contribution in [0.5, 0.6) is 0 Å². The molecule has 0 spiro atoms. The summed E-state index contributed by atoms with van der Waals surface area (Å²) < 4.78 is 1.07. The second-order valence-electron chi connectivity index (χ2n) is 10.7. The molecule has 25 heteroatoms. The summed E-state index contributed by atoms with van der Waals surface area (Å²) in [7, 11) is 0. The van der Waals surface area contributed by atoms with Gasteiger partial charge in [0.05, 0.1) is 79.4 Å². The Kier molecular flexibility index (Phi) is 21.7. The third-order valence-corrected chi connectivity index (χ3v) is 13.2. The van der Waals surface area contributed by atoms with Gasteiger partial charge < -0.3 is 67.6 Å². The topological polar surface area (TPSA) is 316 Å². The number of hydrogen-bond acceptors (Lipinski definition) is 13. The summed E-state index contributed by atoms with van der Waals surface area (Å²) in [6.45, 7) is -4.56. The molecule has 13 N–H and O–H groups in total. The lowest BCUT2D eigenvalue weighted by molar-refractivity contribution is -0.119. The molecule has 2 aromatic carbocycles. The molecular weight excluding hydrogens is 1400 g/mol. The molecule has 54 heavy (non-hydrogen) atoms. The van der Waals surface area contributed by atoms with Crippen LogP contribution in [0, 0.1) is 21.4 Å². The Labute approximate surface area is 388 Å². The zero-order chi connectivity index (χ0) is 41.0. The van der Waals surface area contributed by atoms with Crippen molar-refractivity contribution in [1.82, 2.24) is 21.3 Å². The van der Waals surface area contributed by atoms with E-state index in [1.54, 1.807) is 136 Å². The fourth-order valence-electron chi connectivity index (χ4n) is 4.10. The number of anilines is 2. The molecule has 2 atom stereocenters. The molecule has 19 nitrogen and oxygen atoms in total. The van der Waals surface area contributed by atoms with E-state index in [-0.39, 0.29) is 68.1 Å². The van der Waals surface area contributed by atoms with Gasteiger partial charge in [0.15, 0.2) is 0 Å². The molecule has 298 valence electrons. The smallest absolute Gasteiger partial charge is 0.253 e. The zero-order valence-corrected chi connectivity index (χ0v) is 40.2. The van der Waals surface area contributed by atoms with Gasteiger partial charge in [-0.2, -0.15) is 0 Å². The number of amides is 6. The number of halogens is 6. The lowest BCUT2D eigenvalue weighted by atomic mass is 10.1. The van der Waals surface area contributed by atoms with Crippen LogP contribution in [-0.2, 0) is 9.59 Å². The SMILES string of the molecule is O=C(CO)Nc1c(I)c(C(=O)NCC(O)CO)c(I)c(C(=O)NCC(O)CNC(=O)c2c(I)c(NC(=O)CO)c(I)c(C(=O)NCC(O)CO)c2I)c1I. The predicted octanol–water partition coefficient (Wildman–Crippen LogP) is -1.14. The zero-order valence-electron chi connectivity index (χ0n) is 27.2. The molecule has 0 fully saturated rings. The van der Waals surface area contributed by atoms with Gasteiger partial charge in [0.25, 0.3) is 23.6 Å². The van der Waals surface area contributed by atoms with Crippen LogP contribution in [0.25, 0.3) is 0 Å². The summed E-state index contributed by atoms with van der Waals surface area (Å²) in [6.07, 6.45) is -3.93. The van der Waals surface area contributed by atoms with Crippen molar-refractivity contribution in [3.05, 3.63) is 43.7 Å². The number of aliphatic hydroxyl groups excluding tert-OH is 7. The fourth-order valence-corrected chi connectivity index (χ4v) is 12.9. The highest BCUT2D eigenvalue weighted by molar-refractivity contribution is 14.1. The van der Waals surface area contributed by atoms with Gasteiger partial charge >= 0.3 is 0 Å². The van der Waals surface area contributed by atoms with Crippen molar-refractivity contribution in [2.45, 2.75) is 18.3 Å². The highest BCUT2D eigenvalue weighted by atomic mass is 127. The van der Waals surface area contributed by atoms with Crippen LogP contribution >= 0.6 is 136 Å². The lowest BCUT2D eigenvalue weighted by Gasteiger charge is -2.21. The molecule has 0 heterocycles. The van der Waals surface area contributed by atoms with Crippen LogP contribution in [0.4, 0.5) is 11.4 Å². The third kappa shape index (κ3) is 13.2. The van der Waals surface area contributed by atoms with Gasteiger partial charge in [-0.3, -0.25) is 28.8 Å². The van der Waals surface area contributed by atoms with Gasteiger partial charge in [0.2, 0.25) is 11.8 Å². The monoisotopic (exact) mass is 1430 g/mol. The van der Waals surface area contributed by atoms with Gasteiger partial charge in [-0.05, 0) is 136 Å². The van der Waals surface area contributed by atoms with E-state index in [1.165, 1.54) is 0 Å². The Morgan fingerprint density at radius 3 is 0.889 bits per heavy atom. The van der Waals surface area contributed by atoms with Crippen molar-refractivity contribution in [1.29, 1.82) is 0 Å². The molecule has 0 radical (unpaired) electrons. The van der Waals surface area contributed by atoms with Crippen molar-refractivity contribution in [3.63, 3.8) is 0 Å². The standard InChI is InChI=1S/C29H32I6N6O13/c30-18-14(20(32)24(40-12(49)7-44)22(34)16(18)28(53)38-3-10(47)5-42)26(51)36-1-9(46)2-37-27(52)15-19(31)17(29(54)39-4-11(48)6-43)23(35)25(21(15)33)41-13(50)8-45/h9-11,42-48H,1-8H2,(H,36,51)(H,37,52)(H,38,53)(H,39,54)(H,40,49)(H,41,50). The number of nitrogens with one attached hydrogen (secondary N) is 6. The van der Waals surface area contributed by atoms with Gasteiger partial charge in [0.1, 0.15) is 13.2 Å². The van der Waals surface area contributed by atoms with Crippen molar-refractivity contribution in [3.8, 4) is 0 Å². The van der Waals surface area contributed by atoms with E-state index >= 15 is 0 Å². The van der Waals surface area contributed by atoms with E-state index < -0.39 is 93.3 Å². The van der Waals surface area contributed by atoms with Crippen molar-refractivity contribution in [2.24, 2.45) is 0 Å². The number of benzene rings is 2. The summed E-state index contributed by atoms with van der Waals surface area (Å²) in [6, 6.07) is 0. The van der Waals surface area contributed by atoms with Crippen LogP contribution in [-0.4, -0.2) is 142 Å².